The van der Waals surface area contributed by atoms with Crippen molar-refractivity contribution in [3.8, 4) is 5.75 Å². The number of halogens is 1. The largest absolute Gasteiger partial charge is 0.495 e. The van der Waals surface area contributed by atoms with E-state index in [-0.39, 0.29) is 5.91 Å². The summed E-state index contributed by atoms with van der Waals surface area (Å²) in [5.41, 5.74) is 0.610. The number of likely N-dealkylation sites (tertiary alicyclic amines) is 1. The second-order valence-corrected chi connectivity index (χ2v) is 5.99. The Morgan fingerprint density at radius 3 is 3.00 bits per heavy atom. The van der Waals surface area contributed by atoms with E-state index in [0.29, 0.717) is 28.8 Å². The zero-order chi connectivity index (χ0) is 15.9. The molecule has 1 N–H and O–H groups in total. The average Bonchev–Trinajstić information content (AvgIpc) is 2.94. The van der Waals surface area contributed by atoms with Gasteiger partial charge < -0.3 is 19.7 Å². The van der Waals surface area contributed by atoms with E-state index in [0.717, 1.165) is 32.7 Å². The third kappa shape index (κ3) is 4.87. The summed E-state index contributed by atoms with van der Waals surface area (Å²) in [5, 5.41) is 3.43. The maximum atomic E-state index is 12.1. The highest BCUT2D eigenvalue weighted by molar-refractivity contribution is 6.31. The maximum Gasteiger partial charge on any atom is 0.225 e. The Labute approximate surface area is 136 Å². The first kappa shape index (κ1) is 17.1. The van der Waals surface area contributed by atoms with Gasteiger partial charge in [-0.25, -0.2) is 0 Å². The Morgan fingerprint density at radius 1 is 1.45 bits per heavy atom. The number of hydrogen-bond acceptors (Lipinski definition) is 4. The third-order valence-electron chi connectivity index (χ3n) is 3.86. The van der Waals surface area contributed by atoms with Gasteiger partial charge in [-0.3, -0.25) is 4.79 Å². The van der Waals surface area contributed by atoms with E-state index in [1.807, 2.05) is 0 Å². The number of ether oxygens (including phenoxy) is 2. The van der Waals surface area contributed by atoms with E-state index in [1.54, 1.807) is 32.4 Å². The number of anilines is 1. The molecule has 0 spiro atoms. The first-order chi connectivity index (χ1) is 10.6. The summed E-state index contributed by atoms with van der Waals surface area (Å²) in [6.45, 7) is 3.58. The van der Waals surface area contributed by atoms with Gasteiger partial charge in [-0.2, -0.15) is 0 Å². The van der Waals surface area contributed by atoms with Gasteiger partial charge in [-0.1, -0.05) is 11.6 Å². The van der Waals surface area contributed by atoms with Gasteiger partial charge in [0, 0.05) is 31.6 Å². The molecular weight excluding hydrogens is 304 g/mol. The van der Waals surface area contributed by atoms with Gasteiger partial charge in [0.25, 0.3) is 0 Å². The average molecular weight is 327 g/mol. The van der Waals surface area contributed by atoms with Crippen LogP contribution in [-0.2, 0) is 9.53 Å². The second-order valence-electron chi connectivity index (χ2n) is 5.55. The number of carbonyl (C=O) groups excluding carboxylic acids is 1. The molecule has 0 aromatic heterocycles. The molecule has 6 heteroatoms. The minimum absolute atomic E-state index is 0.0317. The van der Waals surface area contributed by atoms with Gasteiger partial charge in [0.1, 0.15) is 5.75 Å². The van der Waals surface area contributed by atoms with Crippen LogP contribution in [0.25, 0.3) is 0 Å². The molecular formula is C16H23ClN2O3. The first-order valence-corrected chi connectivity index (χ1v) is 7.85. The summed E-state index contributed by atoms with van der Waals surface area (Å²) < 4.78 is 10.4. The van der Waals surface area contributed by atoms with E-state index >= 15 is 0 Å². The molecule has 1 heterocycles. The number of benzene rings is 1. The molecule has 0 radical (unpaired) electrons. The van der Waals surface area contributed by atoms with Gasteiger partial charge in [-0.05, 0) is 37.1 Å². The zero-order valence-electron chi connectivity index (χ0n) is 13.1. The molecule has 1 aromatic rings. The standard InChI is InChI=1S/C16H23ClN2O3/c1-21-11-12-5-7-19(10-12)8-6-16(20)18-14-9-13(17)3-4-15(14)22-2/h3-4,9,12H,5-8,10-11H2,1-2H3,(H,18,20)/t12-/m1/s1. The normalized spacial score (nSPS) is 18.4. The van der Waals surface area contributed by atoms with Crippen molar-refractivity contribution in [2.45, 2.75) is 12.8 Å². The topological polar surface area (TPSA) is 50.8 Å². The summed E-state index contributed by atoms with van der Waals surface area (Å²) in [7, 11) is 3.30. The van der Waals surface area contributed by atoms with Crippen molar-refractivity contribution in [3.05, 3.63) is 23.2 Å². The van der Waals surface area contributed by atoms with Gasteiger partial charge in [0.2, 0.25) is 5.91 Å². The quantitative estimate of drug-likeness (QED) is 0.837. The van der Waals surface area contributed by atoms with Crippen LogP contribution in [0.3, 0.4) is 0 Å². The summed E-state index contributed by atoms with van der Waals surface area (Å²) in [4.78, 5) is 14.4. The van der Waals surface area contributed by atoms with Crippen LogP contribution in [-0.4, -0.2) is 51.3 Å². The number of rotatable bonds is 7. The Bertz CT molecular complexity index is 510. The molecule has 1 fully saturated rings. The molecule has 5 nitrogen and oxygen atoms in total. The Hall–Kier alpha value is -1.30. The lowest BCUT2D eigenvalue weighted by atomic mass is 10.1. The highest BCUT2D eigenvalue weighted by atomic mass is 35.5. The highest BCUT2D eigenvalue weighted by Gasteiger charge is 2.22. The van der Waals surface area contributed by atoms with Gasteiger partial charge in [0.15, 0.2) is 0 Å². The lowest BCUT2D eigenvalue weighted by Gasteiger charge is -2.16. The first-order valence-electron chi connectivity index (χ1n) is 7.47. The lowest BCUT2D eigenvalue weighted by molar-refractivity contribution is -0.116. The number of hydrogen-bond donors (Lipinski definition) is 1. The van der Waals surface area contributed by atoms with Crippen molar-refractivity contribution >= 4 is 23.2 Å². The highest BCUT2D eigenvalue weighted by Crippen LogP contribution is 2.27. The summed E-state index contributed by atoms with van der Waals surface area (Å²) in [6.07, 6.45) is 1.59. The summed E-state index contributed by atoms with van der Waals surface area (Å²) >= 11 is 5.96. The van der Waals surface area contributed by atoms with Gasteiger partial charge >= 0.3 is 0 Å². The van der Waals surface area contributed by atoms with Crippen molar-refractivity contribution in [2.75, 3.05) is 45.8 Å². The molecule has 1 amide bonds. The molecule has 22 heavy (non-hydrogen) atoms. The number of amides is 1. The fourth-order valence-corrected chi connectivity index (χ4v) is 2.91. The molecule has 0 bridgehead atoms. The molecule has 1 saturated heterocycles. The van der Waals surface area contributed by atoms with Crippen LogP contribution in [0.4, 0.5) is 5.69 Å². The minimum atomic E-state index is -0.0317. The number of methoxy groups -OCH3 is 2. The Balaban J connectivity index is 1.80. The lowest BCUT2D eigenvalue weighted by Crippen LogP contribution is -2.26. The SMILES string of the molecule is COC[C@@H]1CCN(CCC(=O)Nc2cc(Cl)ccc2OC)C1. The summed E-state index contributed by atoms with van der Waals surface area (Å²) in [6, 6.07) is 5.17. The van der Waals surface area contributed by atoms with Crippen molar-refractivity contribution in [1.82, 2.24) is 4.90 Å². The second kappa shape index (κ2) is 8.36. The monoisotopic (exact) mass is 326 g/mol. The number of nitrogens with zero attached hydrogens (tertiary/aromatic N) is 1. The smallest absolute Gasteiger partial charge is 0.225 e. The number of carbonyl (C=O) groups is 1. The van der Waals surface area contributed by atoms with Crippen LogP contribution < -0.4 is 10.1 Å². The molecule has 2 rings (SSSR count). The van der Waals surface area contributed by atoms with E-state index < -0.39 is 0 Å². The molecule has 1 aromatic carbocycles. The van der Waals surface area contributed by atoms with E-state index in [2.05, 4.69) is 10.2 Å². The summed E-state index contributed by atoms with van der Waals surface area (Å²) in [5.74, 6) is 1.16. The van der Waals surface area contributed by atoms with E-state index in [4.69, 9.17) is 21.1 Å². The van der Waals surface area contributed by atoms with Gasteiger partial charge in [-0.15, -0.1) is 0 Å². The van der Waals surface area contributed by atoms with Crippen LogP contribution in [0.1, 0.15) is 12.8 Å². The Morgan fingerprint density at radius 2 is 2.27 bits per heavy atom. The van der Waals surface area contributed by atoms with Crippen LogP contribution in [0.15, 0.2) is 18.2 Å². The van der Waals surface area contributed by atoms with Crippen LogP contribution in [0, 0.1) is 5.92 Å². The van der Waals surface area contributed by atoms with Crippen LogP contribution in [0.2, 0.25) is 5.02 Å². The minimum Gasteiger partial charge on any atom is -0.495 e. The van der Waals surface area contributed by atoms with E-state index in [1.165, 1.54) is 0 Å². The third-order valence-corrected chi connectivity index (χ3v) is 4.10. The maximum absolute atomic E-state index is 12.1. The van der Waals surface area contributed by atoms with Crippen molar-refractivity contribution in [3.63, 3.8) is 0 Å². The molecule has 0 aliphatic carbocycles. The van der Waals surface area contributed by atoms with Crippen molar-refractivity contribution < 1.29 is 14.3 Å². The number of nitrogens with one attached hydrogen (secondary N) is 1. The molecule has 1 atom stereocenters. The molecule has 1 aliphatic heterocycles. The fraction of sp³-hybridized carbons (Fsp3) is 0.562. The zero-order valence-corrected chi connectivity index (χ0v) is 13.9. The van der Waals surface area contributed by atoms with E-state index in [9.17, 15) is 4.79 Å². The van der Waals surface area contributed by atoms with Gasteiger partial charge in [0.05, 0.1) is 19.4 Å². The van der Waals surface area contributed by atoms with Crippen molar-refractivity contribution in [1.29, 1.82) is 0 Å². The molecule has 122 valence electrons. The van der Waals surface area contributed by atoms with Crippen LogP contribution >= 0.6 is 11.6 Å². The molecule has 0 unspecified atom stereocenters. The fourth-order valence-electron chi connectivity index (χ4n) is 2.74. The molecule has 1 aliphatic rings. The predicted molar refractivity (Wildman–Crippen MR) is 87.7 cm³/mol. The predicted octanol–water partition coefficient (Wildman–Crippen LogP) is 2.65. The van der Waals surface area contributed by atoms with Crippen LogP contribution in [0.5, 0.6) is 5.75 Å². The van der Waals surface area contributed by atoms with Crippen molar-refractivity contribution in [2.24, 2.45) is 5.92 Å². The molecule has 0 saturated carbocycles. The Kier molecular flexibility index (Phi) is 6.49.